The zero-order chi connectivity index (χ0) is 14.2. The van der Waals surface area contributed by atoms with Crippen LogP contribution in [0.3, 0.4) is 0 Å². The van der Waals surface area contributed by atoms with Gasteiger partial charge in [-0.1, -0.05) is 49.6 Å². The van der Waals surface area contributed by atoms with Gasteiger partial charge in [0, 0.05) is 19.1 Å². The number of methoxy groups -OCH3 is 1. The van der Waals surface area contributed by atoms with E-state index >= 15 is 0 Å². The van der Waals surface area contributed by atoms with E-state index in [9.17, 15) is 4.79 Å². The Bertz CT molecular complexity index is 399. The van der Waals surface area contributed by atoms with Crippen LogP contribution in [0, 0.1) is 0 Å². The lowest BCUT2D eigenvalue weighted by molar-refractivity contribution is -0.141. The Morgan fingerprint density at radius 3 is 2.55 bits per heavy atom. The lowest BCUT2D eigenvalue weighted by Gasteiger charge is -2.34. The molecule has 0 bridgehead atoms. The van der Waals surface area contributed by atoms with Gasteiger partial charge in [-0.3, -0.25) is 9.69 Å². The van der Waals surface area contributed by atoms with E-state index in [0.29, 0.717) is 12.5 Å². The van der Waals surface area contributed by atoms with E-state index in [1.54, 1.807) is 0 Å². The number of esters is 1. The van der Waals surface area contributed by atoms with E-state index in [0.717, 1.165) is 13.1 Å². The molecule has 1 saturated carbocycles. The Balaban J connectivity index is 1.96. The van der Waals surface area contributed by atoms with Gasteiger partial charge >= 0.3 is 5.97 Å². The van der Waals surface area contributed by atoms with E-state index in [-0.39, 0.29) is 5.97 Å². The summed E-state index contributed by atoms with van der Waals surface area (Å²) in [6.45, 7) is 1.73. The highest BCUT2D eigenvalue weighted by atomic mass is 16.5. The van der Waals surface area contributed by atoms with Gasteiger partial charge in [-0.25, -0.2) is 0 Å². The molecule has 1 aliphatic rings. The summed E-state index contributed by atoms with van der Waals surface area (Å²) in [4.78, 5) is 13.9. The van der Waals surface area contributed by atoms with Crippen molar-refractivity contribution in [2.24, 2.45) is 0 Å². The maximum absolute atomic E-state index is 11.4. The molecular formula is C17H25NO2. The van der Waals surface area contributed by atoms with Crippen molar-refractivity contribution < 1.29 is 9.53 Å². The third kappa shape index (κ3) is 4.64. The van der Waals surface area contributed by atoms with E-state index < -0.39 is 0 Å². The van der Waals surface area contributed by atoms with Crippen molar-refractivity contribution in [1.82, 2.24) is 4.90 Å². The van der Waals surface area contributed by atoms with Crippen molar-refractivity contribution in [2.45, 2.75) is 51.1 Å². The smallest absolute Gasteiger partial charge is 0.306 e. The van der Waals surface area contributed by atoms with E-state index in [1.165, 1.54) is 44.8 Å². The molecule has 0 unspecified atom stereocenters. The van der Waals surface area contributed by atoms with Gasteiger partial charge in [0.15, 0.2) is 0 Å². The van der Waals surface area contributed by atoms with Gasteiger partial charge in [0.25, 0.3) is 0 Å². The molecule has 0 atom stereocenters. The molecule has 0 aromatic heterocycles. The lowest BCUT2D eigenvalue weighted by atomic mass is 9.93. The lowest BCUT2D eigenvalue weighted by Crippen LogP contribution is -2.37. The number of rotatable bonds is 6. The Kier molecular flexibility index (Phi) is 6.06. The fourth-order valence-corrected chi connectivity index (χ4v) is 2.99. The molecule has 0 N–H and O–H groups in total. The molecule has 0 saturated heterocycles. The van der Waals surface area contributed by atoms with Crippen LogP contribution in [0.5, 0.6) is 0 Å². The monoisotopic (exact) mass is 275 g/mol. The summed E-state index contributed by atoms with van der Waals surface area (Å²) in [5.41, 5.74) is 1.32. The van der Waals surface area contributed by atoms with Gasteiger partial charge in [0.05, 0.1) is 13.5 Å². The molecule has 0 spiro atoms. The first-order chi connectivity index (χ1) is 9.79. The van der Waals surface area contributed by atoms with Gasteiger partial charge in [-0.05, 0) is 18.4 Å². The summed E-state index contributed by atoms with van der Waals surface area (Å²) in [5.74, 6) is -0.112. The average molecular weight is 275 g/mol. The first-order valence-electron chi connectivity index (χ1n) is 7.64. The Labute approximate surface area is 121 Å². The van der Waals surface area contributed by atoms with Gasteiger partial charge in [-0.15, -0.1) is 0 Å². The molecule has 2 rings (SSSR count). The first-order valence-corrected chi connectivity index (χ1v) is 7.64. The summed E-state index contributed by atoms with van der Waals surface area (Å²) in [6, 6.07) is 11.1. The van der Waals surface area contributed by atoms with Crippen LogP contribution in [0.1, 0.15) is 44.1 Å². The molecule has 0 heterocycles. The number of carbonyl (C=O) groups excluding carboxylic acids is 1. The Hall–Kier alpha value is -1.35. The quantitative estimate of drug-likeness (QED) is 0.745. The van der Waals surface area contributed by atoms with Crippen molar-refractivity contribution in [3.63, 3.8) is 0 Å². The Morgan fingerprint density at radius 1 is 1.20 bits per heavy atom. The molecule has 1 aliphatic carbocycles. The zero-order valence-corrected chi connectivity index (χ0v) is 12.4. The summed E-state index contributed by atoms with van der Waals surface area (Å²) in [7, 11) is 1.46. The summed E-state index contributed by atoms with van der Waals surface area (Å²) in [6.07, 6.45) is 6.98. The minimum Gasteiger partial charge on any atom is -0.469 e. The molecule has 1 aromatic carbocycles. The molecule has 3 nitrogen and oxygen atoms in total. The van der Waals surface area contributed by atoms with Crippen LogP contribution in [0.25, 0.3) is 0 Å². The second kappa shape index (κ2) is 8.05. The minimum absolute atomic E-state index is 0.112. The molecule has 0 amide bonds. The van der Waals surface area contributed by atoms with E-state index in [1.807, 2.05) is 6.07 Å². The first kappa shape index (κ1) is 15.0. The van der Waals surface area contributed by atoms with Crippen molar-refractivity contribution in [3.05, 3.63) is 35.9 Å². The van der Waals surface area contributed by atoms with Crippen LogP contribution < -0.4 is 0 Å². The number of nitrogens with zero attached hydrogens (tertiary/aromatic N) is 1. The molecule has 1 fully saturated rings. The van der Waals surface area contributed by atoms with Gasteiger partial charge in [0.2, 0.25) is 0 Å². The molecule has 110 valence electrons. The molecule has 3 heteroatoms. The van der Waals surface area contributed by atoms with E-state index in [4.69, 9.17) is 4.74 Å². The second-order valence-electron chi connectivity index (χ2n) is 5.57. The maximum Gasteiger partial charge on any atom is 0.306 e. The van der Waals surface area contributed by atoms with Crippen molar-refractivity contribution in [3.8, 4) is 0 Å². The van der Waals surface area contributed by atoms with Crippen molar-refractivity contribution in [1.29, 1.82) is 0 Å². The van der Waals surface area contributed by atoms with Crippen molar-refractivity contribution >= 4 is 5.97 Å². The summed E-state index contributed by atoms with van der Waals surface area (Å²) in [5, 5.41) is 0. The number of hydrogen-bond acceptors (Lipinski definition) is 3. The van der Waals surface area contributed by atoms with E-state index in [2.05, 4.69) is 29.2 Å². The minimum atomic E-state index is -0.112. The fourth-order valence-electron chi connectivity index (χ4n) is 2.99. The Morgan fingerprint density at radius 2 is 1.90 bits per heavy atom. The number of carbonyl (C=O) groups is 1. The summed E-state index contributed by atoms with van der Waals surface area (Å²) >= 11 is 0. The fraction of sp³-hybridized carbons (Fsp3) is 0.588. The van der Waals surface area contributed by atoms with Crippen LogP contribution >= 0.6 is 0 Å². The number of ether oxygens (including phenoxy) is 1. The highest BCUT2D eigenvalue weighted by Crippen LogP contribution is 2.24. The van der Waals surface area contributed by atoms with Gasteiger partial charge < -0.3 is 4.74 Å². The molecule has 0 radical (unpaired) electrons. The van der Waals surface area contributed by atoms with Crippen LogP contribution in [0.15, 0.2) is 30.3 Å². The standard InChI is InChI=1S/C17H25NO2/c1-20-17(19)12-13-18(16-10-6-3-7-11-16)14-15-8-4-2-5-9-15/h2,4-5,8-9,16H,3,6-7,10-14H2,1H3. The third-order valence-corrected chi connectivity index (χ3v) is 4.15. The second-order valence-corrected chi connectivity index (χ2v) is 5.57. The van der Waals surface area contributed by atoms with Crippen LogP contribution in [-0.2, 0) is 16.1 Å². The highest BCUT2D eigenvalue weighted by molar-refractivity contribution is 5.69. The maximum atomic E-state index is 11.4. The van der Waals surface area contributed by atoms with Crippen molar-refractivity contribution in [2.75, 3.05) is 13.7 Å². The summed E-state index contributed by atoms with van der Waals surface area (Å²) < 4.78 is 4.77. The van der Waals surface area contributed by atoms with Crippen LogP contribution in [0.4, 0.5) is 0 Å². The molecule has 0 aliphatic heterocycles. The average Bonchev–Trinajstić information content (AvgIpc) is 2.53. The normalized spacial score (nSPS) is 16.3. The van der Waals surface area contributed by atoms with Gasteiger partial charge in [0.1, 0.15) is 0 Å². The predicted octanol–water partition coefficient (Wildman–Crippen LogP) is 3.38. The van der Waals surface area contributed by atoms with Crippen LogP contribution in [0.2, 0.25) is 0 Å². The third-order valence-electron chi connectivity index (χ3n) is 4.15. The van der Waals surface area contributed by atoms with Gasteiger partial charge in [-0.2, -0.15) is 0 Å². The zero-order valence-electron chi connectivity index (χ0n) is 12.4. The largest absolute Gasteiger partial charge is 0.469 e. The predicted molar refractivity (Wildman–Crippen MR) is 80.4 cm³/mol. The molecule has 1 aromatic rings. The molecular weight excluding hydrogens is 250 g/mol. The van der Waals surface area contributed by atoms with Crippen LogP contribution in [-0.4, -0.2) is 30.6 Å². The number of benzene rings is 1. The highest BCUT2D eigenvalue weighted by Gasteiger charge is 2.21. The topological polar surface area (TPSA) is 29.5 Å². The molecule has 20 heavy (non-hydrogen) atoms. The number of hydrogen-bond donors (Lipinski definition) is 0. The SMILES string of the molecule is COC(=O)CCN(Cc1ccccc1)C1CCCCC1.